The highest BCUT2D eigenvalue weighted by molar-refractivity contribution is 6.01. The fourth-order valence-electron chi connectivity index (χ4n) is 8.12. The molecule has 4 atom stereocenters. The second kappa shape index (κ2) is 22.6. The normalized spacial score (nSPS) is 17.4. The van der Waals surface area contributed by atoms with Crippen molar-refractivity contribution in [1.29, 1.82) is 0 Å². The number of aliphatic imine (C=N–C) groups is 1. The van der Waals surface area contributed by atoms with Gasteiger partial charge in [0.25, 0.3) is 0 Å². The summed E-state index contributed by atoms with van der Waals surface area (Å²) in [5.74, 6) is -1.83. The maximum atomic E-state index is 15.1. The molecule has 0 aliphatic carbocycles. The van der Waals surface area contributed by atoms with Crippen LogP contribution in [0.3, 0.4) is 0 Å². The Bertz CT molecular complexity index is 2510. The van der Waals surface area contributed by atoms with Gasteiger partial charge in [-0.2, -0.15) is 0 Å². The minimum atomic E-state index is -1.16. The molecule has 4 aromatic rings. The van der Waals surface area contributed by atoms with Crippen LogP contribution in [0.2, 0.25) is 0 Å². The maximum Gasteiger partial charge on any atom is 0.414 e. The molecule has 2 heterocycles. The van der Waals surface area contributed by atoms with Crippen molar-refractivity contribution in [3.63, 3.8) is 0 Å². The first-order valence-corrected chi connectivity index (χ1v) is 23.6. The van der Waals surface area contributed by atoms with E-state index in [2.05, 4.69) is 26.3 Å². The standard InChI is InChI=1S/C53H67N7O10/c1-51(2,3)68-48(64)57-47(58-49(65)69-52(4,5)6)55-26-25-54-44(61)43-30-40(67-33-35-23-24-36-19-13-14-20-37(36)27-35)32-59(43)46(63)41(28-34-17-11-10-12-18-34)56-45(62)42-29-38-21-15-16-22-39(38)31-60(42)50(66)70-53(7,8)9/h10-24,27,40-43H,25-26,28-33H2,1-9H3,(H,54,61)(H,56,62)(H2,55,57,58,64,65)/t40-,41-,42+,43-/m1/s1. The number of guanidine groups is 1. The molecule has 6 amide bonds. The van der Waals surface area contributed by atoms with Crippen LogP contribution < -0.4 is 21.3 Å². The van der Waals surface area contributed by atoms with Gasteiger partial charge in [-0.15, -0.1) is 0 Å². The minimum absolute atomic E-state index is 0.0361. The third-order valence-corrected chi connectivity index (χ3v) is 11.1. The van der Waals surface area contributed by atoms with E-state index in [1.54, 1.807) is 62.3 Å². The van der Waals surface area contributed by atoms with Crippen molar-refractivity contribution in [2.75, 3.05) is 19.6 Å². The number of alkyl carbamates (subject to hydrolysis) is 2. The smallest absolute Gasteiger partial charge is 0.414 e. The summed E-state index contributed by atoms with van der Waals surface area (Å²) in [5, 5.41) is 12.8. The predicted molar refractivity (Wildman–Crippen MR) is 264 cm³/mol. The van der Waals surface area contributed by atoms with E-state index >= 15 is 4.79 Å². The molecule has 4 N–H and O–H groups in total. The largest absolute Gasteiger partial charge is 0.444 e. The van der Waals surface area contributed by atoms with Crippen LogP contribution in [-0.4, -0.2) is 112 Å². The van der Waals surface area contributed by atoms with Crippen LogP contribution in [0, 0.1) is 0 Å². The fourth-order valence-corrected chi connectivity index (χ4v) is 8.12. The zero-order valence-electron chi connectivity index (χ0n) is 41.6. The monoisotopic (exact) mass is 961 g/mol. The molecular formula is C53H67N7O10. The van der Waals surface area contributed by atoms with Gasteiger partial charge in [0.15, 0.2) is 0 Å². The molecule has 1 saturated heterocycles. The van der Waals surface area contributed by atoms with Gasteiger partial charge in [-0.1, -0.05) is 91.0 Å². The molecule has 0 unspecified atom stereocenters. The quantitative estimate of drug-likeness (QED) is 0.0498. The average Bonchev–Trinajstić information content (AvgIpc) is 3.71. The summed E-state index contributed by atoms with van der Waals surface area (Å²) in [6.07, 6.45) is -2.56. The van der Waals surface area contributed by atoms with E-state index < -0.39 is 77.0 Å². The Morgan fingerprint density at radius 3 is 1.90 bits per heavy atom. The van der Waals surface area contributed by atoms with Crippen LogP contribution in [0.15, 0.2) is 102 Å². The zero-order chi connectivity index (χ0) is 50.8. The number of ether oxygens (including phenoxy) is 4. The lowest BCUT2D eigenvalue weighted by Crippen LogP contribution is -2.59. The summed E-state index contributed by atoms with van der Waals surface area (Å²) < 4.78 is 22.9. The number of likely N-dealkylation sites (tertiary alicyclic amines) is 1. The van der Waals surface area contributed by atoms with Gasteiger partial charge in [0, 0.05) is 32.4 Å². The van der Waals surface area contributed by atoms with Crippen LogP contribution in [0.25, 0.3) is 10.8 Å². The third-order valence-electron chi connectivity index (χ3n) is 11.1. The van der Waals surface area contributed by atoms with E-state index in [-0.39, 0.29) is 58.0 Å². The van der Waals surface area contributed by atoms with E-state index in [1.165, 1.54) is 9.80 Å². The lowest BCUT2D eigenvalue weighted by Gasteiger charge is -2.37. The molecule has 0 aromatic heterocycles. The first kappa shape index (κ1) is 52.4. The van der Waals surface area contributed by atoms with E-state index in [4.69, 9.17) is 18.9 Å². The van der Waals surface area contributed by atoms with Crippen LogP contribution in [-0.2, 0) is 59.3 Å². The second-order valence-corrected chi connectivity index (χ2v) is 20.5. The maximum absolute atomic E-state index is 15.1. The molecule has 0 radical (unpaired) electrons. The van der Waals surface area contributed by atoms with Crippen LogP contribution in [0.5, 0.6) is 0 Å². The van der Waals surface area contributed by atoms with Crippen LogP contribution >= 0.6 is 0 Å². The van der Waals surface area contributed by atoms with E-state index in [1.807, 2.05) is 97.1 Å². The number of rotatable bonds is 12. The van der Waals surface area contributed by atoms with Crippen LogP contribution in [0.4, 0.5) is 14.4 Å². The zero-order valence-corrected chi connectivity index (χ0v) is 41.6. The lowest BCUT2D eigenvalue weighted by atomic mass is 9.93. The van der Waals surface area contributed by atoms with Gasteiger partial charge in [0.1, 0.15) is 34.9 Å². The Balaban J connectivity index is 1.25. The molecule has 17 nitrogen and oxygen atoms in total. The highest BCUT2D eigenvalue weighted by Crippen LogP contribution is 2.28. The molecule has 0 saturated carbocycles. The number of hydrogen-bond donors (Lipinski definition) is 4. The van der Waals surface area contributed by atoms with Gasteiger partial charge in [-0.3, -0.25) is 34.9 Å². The molecule has 2 aliphatic heterocycles. The van der Waals surface area contributed by atoms with Crippen LogP contribution in [0.1, 0.15) is 91.0 Å². The van der Waals surface area contributed by atoms with Gasteiger partial charge < -0.3 is 34.5 Å². The number of nitrogens with one attached hydrogen (secondary N) is 4. The summed E-state index contributed by atoms with van der Waals surface area (Å²) in [4.78, 5) is 90.3. The molecule has 70 heavy (non-hydrogen) atoms. The highest BCUT2D eigenvalue weighted by Gasteiger charge is 2.44. The molecule has 1 fully saturated rings. The predicted octanol–water partition coefficient (Wildman–Crippen LogP) is 6.94. The first-order chi connectivity index (χ1) is 33.0. The number of carbonyl (C=O) groups excluding carboxylic acids is 6. The Kier molecular flexibility index (Phi) is 16.9. The first-order valence-electron chi connectivity index (χ1n) is 23.6. The van der Waals surface area contributed by atoms with Crippen molar-refractivity contribution in [2.45, 2.75) is 136 Å². The van der Waals surface area contributed by atoms with Gasteiger partial charge >= 0.3 is 18.3 Å². The summed E-state index contributed by atoms with van der Waals surface area (Å²) in [5.41, 5.74) is 0.934. The molecular weight excluding hydrogens is 895 g/mol. The summed E-state index contributed by atoms with van der Waals surface area (Å²) in [6.45, 7) is 15.6. The molecule has 374 valence electrons. The third kappa shape index (κ3) is 15.5. The molecule has 0 spiro atoms. The Morgan fingerprint density at radius 2 is 1.26 bits per heavy atom. The summed E-state index contributed by atoms with van der Waals surface area (Å²) in [6, 6.07) is 27.6. The Hall–Kier alpha value is -7.01. The van der Waals surface area contributed by atoms with Crippen molar-refractivity contribution in [1.82, 2.24) is 31.1 Å². The van der Waals surface area contributed by atoms with Gasteiger partial charge in [-0.25, -0.2) is 14.4 Å². The lowest BCUT2D eigenvalue weighted by molar-refractivity contribution is -0.142. The molecule has 17 heteroatoms. The fraction of sp³-hybridized carbons (Fsp3) is 0.453. The van der Waals surface area contributed by atoms with Gasteiger partial charge in [0.05, 0.1) is 25.8 Å². The van der Waals surface area contributed by atoms with E-state index in [0.29, 0.717) is 0 Å². The van der Waals surface area contributed by atoms with E-state index in [9.17, 15) is 24.0 Å². The van der Waals surface area contributed by atoms with Crippen molar-refractivity contribution in [2.24, 2.45) is 4.99 Å². The van der Waals surface area contributed by atoms with Crippen molar-refractivity contribution in [3.05, 3.63) is 119 Å². The van der Waals surface area contributed by atoms with Crippen molar-refractivity contribution < 1.29 is 47.7 Å². The molecule has 6 rings (SSSR count). The van der Waals surface area contributed by atoms with Gasteiger partial charge in [-0.05, 0) is 101 Å². The Morgan fingerprint density at radius 1 is 0.657 bits per heavy atom. The average molecular weight is 962 g/mol. The summed E-state index contributed by atoms with van der Waals surface area (Å²) in [7, 11) is 0. The number of carbonyl (C=O) groups is 6. The highest BCUT2D eigenvalue weighted by atomic mass is 16.6. The topological polar surface area (TPSA) is 206 Å². The number of amides is 6. The number of fused-ring (bicyclic) bond motifs is 2. The number of hydrogen-bond acceptors (Lipinski definition) is 11. The summed E-state index contributed by atoms with van der Waals surface area (Å²) >= 11 is 0. The van der Waals surface area contributed by atoms with Crippen molar-refractivity contribution in [3.8, 4) is 0 Å². The number of nitrogens with zero attached hydrogens (tertiary/aromatic N) is 3. The molecule has 4 aromatic carbocycles. The SMILES string of the molecule is CC(C)(C)OC(=O)NC(=NCCNC(=O)[C@H]1C[C@@H](OCc2ccc3ccccc3c2)CN1C(=O)[C@@H](Cc1ccccc1)NC(=O)[C@@H]1Cc2ccccc2CN1C(=O)OC(C)(C)C)NC(=O)OC(C)(C)C. The Labute approximate surface area is 410 Å². The second-order valence-electron chi connectivity index (χ2n) is 20.5. The molecule has 2 aliphatic rings. The van der Waals surface area contributed by atoms with Gasteiger partial charge in [0.2, 0.25) is 23.7 Å². The minimum Gasteiger partial charge on any atom is -0.444 e. The number of benzene rings is 4. The van der Waals surface area contributed by atoms with Crippen molar-refractivity contribution >= 4 is 52.7 Å². The van der Waals surface area contributed by atoms with E-state index in [0.717, 1.165) is 33.0 Å². The molecule has 0 bridgehead atoms.